The first-order chi connectivity index (χ1) is 9.22. The van der Waals surface area contributed by atoms with Crippen molar-refractivity contribution >= 4 is 25.8 Å². The van der Waals surface area contributed by atoms with E-state index in [1.165, 1.54) is 4.31 Å². The predicted molar refractivity (Wildman–Crippen MR) is 72.5 cm³/mol. The molecule has 2 aliphatic heterocycles. The molecule has 0 atom stereocenters. The molecule has 2 fully saturated rings. The molecular formula is C11H19NO6S2. The van der Waals surface area contributed by atoms with Gasteiger partial charge < -0.3 is 5.11 Å². The Hall–Kier alpha value is -0.670. The van der Waals surface area contributed by atoms with Gasteiger partial charge >= 0.3 is 5.97 Å². The smallest absolute Gasteiger partial charge is 0.306 e. The third-order valence-electron chi connectivity index (χ3n) is 4.09. The summed E-state index contributed by atoms with van der Waals surface area (Å²) >= 11 is 0. The molecule has 2 saturated heterocycles. The van der Waals surface area contributed by atoms with Crippen LogP contribution in [0.5, 0.6) is 0 Å². The van der Waals surface area contributed by atoms with Crippen LogP contribution in [0.2, 0.25) is 0 Å². The Kier molecular flexibility index (Phi) is 4.41. The van der Waals surface area contributed by atoms with E-state index in [4.69, 9.17) is 5.11 Å². The highest BCUT2D eigenvalue weighted by atomic mass is 32.2. The standard InChI is InChI=1S/C11H19NO6S2/c13-11(14)9-1-5-12(6-2-9)20(17,18)10-3-7-19(15,16)8-4-10/h9-10H,1-8H2,(H,13,14). The highest BCUT2D eigenvalue weighted by Crippen LogP contribution is 2.26. The Labute approximate surface area is 118 Å². The van der Waals surface area contributed by atoms with Gasteiger partial charge in [-0.2, -0.15) is 0 Å². The molecular weight excluding hydrogens is 306 g/mol. The summed E-state index contributed by atoms with van der Waals surface area (Å²) in [5.41, 5.74) is 0. The van der Waals surface area contributed by atoms with E-state index < -0.39 is 37.0 Å². The summed E-state index contributed by atoms with van der Waals surface area (Å²) in [6.45, 7) is 0.422. The van der Waals surface area contributed by atoms with Crippen LogP contribution in [0.1, 0.15) is 25.7 Å². The third kappa shape index (κ3) is 3.32. The van der Waals surface area contributed by atoms with Gasteiger partial charge in [-0.15, -0.1) is 0 Å². The zero-order valence-corrected chi connectivity index (χ0v) is 12.7. The Bertz CT molecular complexity index is 560. The molecule has 2 heterocycles. The first-order valence-electron chi connectivity index (χ1n) is 6.64. The molecule has 0 aromatic carbocycles. The molecule has 0 amide bonds. The lowest BCUT2D eigenvalue weighted by Gasteiger charge is -2.33. The van der Waals surface area contributed by atoms with Gasteiger partial charge in [-0.1, -0.05) is 0 Å². The van der Waals surface area contributed by atoms with Crippen LogP contribution in [-0.4, -0.2) is 62.1 Å². The number of nitrogens with zero attached hydrogens (tertiary/aromatic N) is 1. The molecule has 2 rings (SSSR count). The summed E-state index contributed by atoms with van der Waals surface area (Å²) in [6, 6.07) is 0. The van der Waals surface area contributed by atoms with E-state index in [2.05, 4.69) is 0 Å². The number of sulfone groups is 1. The lowest BCUT2D eigenvalue weighted by molar-refractivity contribution is -0.142. The highest BCUT2D eigenvalue weighted by Gasteiger charge is 2.38. The quantitative estimate of drug-likeness (QED) is 0.762. The first kappa shape index (κ1) is 15.7. The van der Waals surface area contributed by atoms with Crippen LogP contribution in [0.3, 0.4) is 0 Å². The molecule has 0 aromatic rings. The minimum absolute atomic E-state index is 0.0809. The van der Waals surface area contributed by atoms with Crippen LogP contribution in [-0.2, 0) is 24.7 Å². The number of carbonyl (C=O) groups is 1. The molecule has 0 bridgehead atoms. The van der Waals surface area contributed by atoms with Crippen molar-refractivity contribution in [1.29, 1.82) is 0 Å². The molecule has 0 spiro atoms. The van der Waals surface area contributed by atoms with Gasteiger partial charge in [-0.3, -0.25) is 4.79 Å². The van der Waals surface area contributed by atoms with Crippen molar-refractivity contribution in [2.45, 2.75) is 30.9 Å². The molecule has 2 aliphatic rings. The lowest BCUT2D eigenvalue weighted by atomic mass is 9.99. The SMILES string of the molecule is O=C(O)C1CCN(S(=O)(=O)C2CCS(=O)(=O)CC2)CC1. The van der Waals surface area contributed by atoms with Gasteiger partial charge in [0.2, 0.25) is 10.0 Å². The number of carboxylic acid groups (broad SMARTS) is 1. The second-order valence-corrected chi connectivity index (χ2v) is 9.92. The van der Waals surface area contributed by atoms with Gasteiger partial charge in [-0.05, 0) is 25.7 Å². The summed E-state index contributed by atoms with van der Waals surface area (Å²) in [5, 5.41) is 8.25. The van der Waals surface area contributed by atoms with Crippen molar-refractivity contribution < 1.29 is 26.7 Å². The fourth-order valence-corrected chi connectivity index (χ4v) is 6.50. The molecule has 0 aromatic heterocycles. The van der Waals surface area contributed by atoms with Crippen LogP contribution >= 0.6 is 0 Å². The Morgan fingerprint density at radius 3 is 2.00 bits per heavy atom. The highest BCUT2D eigenvalue weighted by molar-refractivity contribution is 7.92. The van der Waals surface area contributed by atoms with Gasteiger partial charge in [-0.25, -0.2) is 21.1 Å². The van der Waals surface area contributed by atoms with Crippen LogP contribution < -0.4 is 0 Å². The van der Waals surface area contributed by atoms with Crippen LogP contribution in [0.15, 0.2) is 0 Å². The summed E-state index contributed by atoms with van der Waals surface area (Å²) in [6.07, 6.45) is 0.923. The molecule has 9 heteroatoms. The van der Waals surface area contributed by atoms with E-state index >= 15 is 0 Å². The molecule has 0 aliphatic carbocycles. The van der Waals surface area contributed by atoms with Crippen LogP contribution in [0, 0.1) is 5.92 Å². The third-order valence-corrected chi connectivity index (χ3v) is 8.20. The van der Waals surface area contributed by atoms with E-state index in [-0.39, 0.29) is 37.4 Å². The van der Waals surface area contributed by atoms with E-state index in [9.17, 15) is 21.6 Å². The molecule has 0 saturated carbocycles. The fourth-order valence-electron chi connectivity index (χ4n) is 2.73. The molecule has 0 unspecified atom stereocenters. The van der Waals surface area contributed by atoms with Gasteiger partial charge in [0.1, 0.15) is 9.84 Å². The van der Waals surface area contributed by atoms with Gasteiger partial charge in [0, 0.05) is 13.1 Å². The van der Waals surface area contributed by atoms with Crippen molar-refractivity contribution in [1.82, 2.24) is 4.31 Å². The first-order valence-corrected chi connectivity index (χ1v) is 9.97. The zero-order valence-electron chi connectivity index (χ0n) is 11.1. The number of piperidine rings is 1. The number of rotatable bonds is 3. The van der Waals surface area contributed by atoms with E-state index in [1.807, 2.05) is 0 Å². The minimum Gasteiger partial charge on any atom is -0.481 e. The van der Waals surface area contributed by atoms with Crippen LogP contribution in [0.4, 0.5) is 0 Å². The number of carboxylic acids is 1. The molecule has 116 valence electrons. The van der Waals surface area contributed by atoms with Crippen molar-refractivity contribution in [2.24, 2.45) is 5.92 Å². The average molecular weight is 325 g/mol. The maximum atomic E-state index is 12.4. The van der Waals surface area contributed by atoms with Crippen LogP contribution in [0.25, 0.3) is 0 Å². The number of aliphatic carboxylic acids is 1. The topological polar surface area (TPSA) is 109 Å². The van der Waals surface area contributed by atoms with Crippen molar-refractivity contribution in [3.05, 3.63) is 0 Å². The van der Waals surface area contributed by atoms with Crippen molar-refractivity contribution in [3.8, 4) is 0 Å². The number of hydrogen-bond acceptors (Lipinski definition) is 5. The molecule has 1 N–H and O–H groups in total. The average Bonchev–Trinajstić information content (AvgIpc) is 2.38. The van der Waals surface area contributed by atoms with Crippen molar-refractivity contribution in [3.63, 3.8) is 0 Å². The van der Waals surface area contributed by atoms with E-state index in [0.717, 1.165) is 0 Å². The summed E-state index contributed by atoms with van der Waals surface area (Å²) in [5.74, 6) is -1.52. The second kappa shape index (κ2) is 5.61. The number of hydrogen-bond donors (Lipinski definition) is 1. The largest absolute Gasteiger partial charge is 0.481 e. The van der Waals surface area contributed by atoms with Crippen molar-refractivity contribution in [2.75, 3.05) is 24.6 Å². The Balaban J connectivity index is 2.00. The molecule has 0 radical (unpaired) electrons. The summed E-state index contributed by atoms with van der Waals surface area (Å²) < 4.78 is 48.8. The van der Waals surface area contributed by atoms with Gasteiger partial charge in [0.05, 0.1) is 22.7 Å². The van der Waals surface area contributed by atoms with E-state index in [1.54, 1.807) is 0 Å². The fraction of sp³-hybridized carbons (Fsp3) is 0.909. The maximum Gasteiger partial charge on any atom is 0.306 e. The van der Waals surface area contributed by atoms with Gasteiger partial charge in [0.25, 0.3) is 0 Å². The Morgan fingerprint density at radius 1 is 1.05 bits per heavy atom. The molecule has 7 nitrogen and oxygen atoms in total. The van der Waals surface area contributed by atoms with Gasteiger partial charge in [0.15, 0.2) is 0 Å². The predicted octanol–water partition coefficient (Wildman–Crippen LogP) is -0.310. The Morgan fingerprint density at radius 2 is 1.55 bits per heavy atom. The number of sulfonamides is 1. The normalized spacial score (nSPS) is 26.4. The zero-order chi connectivity index (χ0) is 15.0. The lowest BCUT2D eigenvalue weighted by Crippen LogP contribution is -2.46. The second-order valence-electron chi connectivity index (χ2n) is 5.41. The minimum atomic E-state index is -3.51. The monoisotopic (exact) mass is 325 g/mol. The maximum absolute atomic E-state index is 12.4. The summed E-state index contributed by atoms with van der Waals surface area (Å²) in [4.78, 5) is 10.8. The molecule has 20 heavy (non-hydrogen) atoms. The van der Waals surface area contributed by atoms with E-state index in [0.29, 0.717) is 12.8 Å². The summed E-state index contributed by atoms with van der Waals surface area (Å²) in [7, 11) is -6.60.